The first-order chi connectivity index (χ1) is 9.29. The molecular weight excluding hydrogens is 276 g/mol. The number of ether oxygens (including phenoxy) is 1. The van der Waals surface area contributed by atoms with Crippen LogP contribution in [-0.2, 0) is 4.74 Å². The van der Waals surface area contributed by atoms with Crippen LogP contribution >= 0.6 is 0 Å². The van der Waals surface area contributed by atoms with Gasteiger partial charge in [-0.25, -0.2) is 9.59 Å². The summed E-state index contributed by atoms with van der Waals surface area (Å²) in [5.74, 6) is -2.85. The number of benzene rings is 1. The molecule has 1 aromatic rings. The van der Waals surface area contributed by atoms with Gasteiger partial charge >= 0.3 is 11.9 Å². The highest BCUT2D eigenvalue weighted by Crippen LogP contribution is 2.30. The maximum absolute atomic E-state index is 11.5. The highest BCUT2D eigenvalue weighted by atomic mass is 16.6. The molecule has 10 heteroatoms. The van der Waals surface area contributed by atoms with E-state index in [0.717, 1.165) is 0 Å². The zero-order valence-corrected chi connectivity index (χ0v) is 10.1. The van der Waals surface area contributed by atoms with Crippen LogP contribution in [0.15, 0.2) is 12.1 Å². The van der Waals surface area contributed by atoms with Gasteiger partial charge in [-0.3, -0.25) is 20.2 Å². The second-order valence-corrected chi connectivity index (χ2v) is 3.43. The number of nitro benzene ring substituents is 2. The van der Waals surface area contributed by atoms with Crippen molar-refractivity contribution in [3.8, 4) is 0 Å². The minimum atomic E-state index is -1.83. The van der Waals surface area contributed by atoms with Crippen molar-refractivity contribution in [3.63, 3.8) is 0 Å². The van der Waals surface area contributed by atoms with Crippen molar-refractivity contribution < 1.29 is 29.3 Å². The van der Waals surface area contributed by atoms with E-state index < -0.39 is 44.3 Å². The Morgan fingerprint density at radius 1 is 1.20 bits per heavy atom. The minimum absolute atomic E-state index is 0.0406. The minimum Gasteiger partial charge on any atom is -0.477 e. The summed E-state index contributed by atoms with van der Waals surface area (Å²) in [5, 5.41) is 30.5. The Morgan fingerprint density at radius 3 is 1.95 bits per heavy atom. The predicted molar refractivity (Wildman–Crippen MR) is 62.7 cm³/mol. The summed E-state index contributed by atoms with van der Waals surface area (Å²) < 4.78 is 4.57. The third-order valence-electron chi connectivity index (χ3n) is 2.22. The van der Waals surface area contributed by atoms with Gasteiger partial charge in [-0.1, -0.05) is 0 Å². The molecule has 1 aromatic carbocycles. The molecule has 0 heterocycles. The number of esters is 1. The van der Waals surface area contributed by atoms with Crippen molar-refractivity contribution in [1.82, 2.24) is 0 Å². The summed E-state index contributed by atoms with van der Waals surface area (Å²) in [6.45, 7) is 1.44. The molecule has 0 atom stereocenters. The third-order valence-corrected chi connectivity index (χ3v) is 2.22. The molecule has 0 saturated carbocycles. The van der Waals surface area contributed by atoms with Gasteiger partial charge in [0.1, 0.15) is 0 Å². The Morgan fingerprint density at radius 2 is 1.65 bits per heavy atom. The van der Waals surface area contributed by atoms with Gasteiger partial charge in [0.15, 0.2) is 0 Å². The molecule has 0 amide bonds. The number of nitrogens with zero attached hydrogens (tertiary/aromatic N) is 2. The monoisotopic (exact) mass is 284 g/mol. The van der Waals surface area contributed by atoms with Gasteiger partial charge in [-0.2, -0.15) is 0 Å². The highest BCUT2D eigenvalue weighted by molar-refractivity contribution is 6.00. The first-order valence-corrected chi connectivity index (χ1v) is 5.16. The van der Waals surface area contributed by atoms with E-state index in [-0.39, 0.29) is 6.61 Å². The summed E-state index contributed by atoms with van der Waals surface area (Å²) in [4.78, 5) is 41.8. The zero-order valence-electron chi connectivity index (χ0n) is 10.1. The van der Waals surface area contributed by atoms with Crippen molar-refractivity contribution in [2.45, 2.75) is 6.92 Å². The van der Waals surface area contributed by atoms with E-state index in [1.54, 1.807) is 0 Å². The smallest absolute Gasteiger partial charge is 0.349 e. The second kappa shape index (κ2) is 5.73. The summed E-state index contributed by atoms with van der Waals surface area (Å²) in [7, 11) is 0. The van der Waals surface area contributed by atoms with Crippen LogP contribution in [0.25, 0.3) is 0 Å². The molecule has 1 N–H and O–H groups in total. The molecule has 20 heavy (non-hydrogen) atoms. The fraction of sp³-hybridized carbons (Fsp3) is 0.200. The lowest BCUT2D eigenvalue weighted by molar-refractivity contribution is -0.394. The van der Waals surface area contributed by atoms with Gasteiger partial charge in [-0.05, 0) is 6.92 Å². The molecule has 106 valence electrons. The molecular formula is C10H8N2O8. The quantitative estimate of drug-likeness (QED) is 0.483. The Kier molecular flexibility index (Phi) is 4.31. The van der Waals surface area contributed by atoms with Crippen molar-refractivity contribution >= 4 is 23.3 Å². The van der Waals surface area contributed by atoms with Crippen LogP contribution < -0.4 is 0 Å². The Hall–Kier alpha value is -3.04. The van der Waals surface area contributed by atoms with E-state index in [4.69, 9.17) is 5.11 Å². The van der Waals surface area contributed by atoms with Crippen LogP contribution in [-0.4, -0.2) is 33.5 Å². The van der Waals surface area contributed by atoms with Gasteiger partial charge in [-0.15, -0.1) is 0 Å². The fourth-order valence-electron chi connectivity index (χ4n) is 1.45. The number of carboxylic acid groups (broad SMARTS) is 1. The largest absolute Gasteiger partial charge is 0.477 e. The predicted octanol–water partition coefficient (Wildman–Crippen LogP) is 1.38. The number of hydrogen-bond donors (Lipinski definition) is 1. The summed E-state index contributed by atoms with van der Waals surface area (Å²) in [6, 6.07) is 1.27. The second-order valence-electron chi connectivity index (χ2n) is 3.43. The van der Waals surface area contributed by atoms with E-state index in [2.05, 4.69) is 4.74 Å². The Labute approximate surface area is 110 Å². The normalized spacial score (nSPS) is 9.85. The van der Waals surface area contributed by atoms with Gasteiger partial charge in [0.25, 0.3) is 11.4 Å². The number of hydrogen-bond acceptors (Lipinski definition) is 7. The first-order valence-electron chi connectivity index (χ1n) is 5.16. The summed E-state index contributed by atoms with van der Waals surface area (Å²) in [5.41, 5.74) is -3.65. The van der Waals surface area contributed by atoms with Crippen LogP contribution in [0.1, 0.15) is 27.6 Å². The van der Waals surface area contributed by atoms with E-state index in [1.165, 1.54) is 6.92 Å². The van der Waals surface area contributed by atoms with E-state index in [1.807, 2.05) is 0 Å². The van der Waals surface area contributed by atoms with Crippen LogP contribution in [0.3, 0.4) is 0 Å². The molecule has 0 aromatic heterocycles. The first kappa shape index (κ1) is 15.0. The molecule has 0 bridgehead atoms. The maximum atomic E-state index is 11.5. The lowest BCUT2D eigenvalue weighted by atomic mass is 10.1. The molecule has 0 spiro atoms. The van der Waals surface area contributed by atoms with Crippen molar-refractivity contribution in [2.24, 2.45) is 0 Å². The summed E-state index contributed by atoms with van der Waals surface area (Å²) in [6.07, 6.45) is 0. The SMILES string of the molecule is CCOC(=O)c1cc([N+](=O)[O-])c(C(=O)O)c([N+](=O)[O-])c1. The van der Waals surface area contributed by atoms with Crippen molar-refractivity contribution in [2.75, 3.05) is 6.61 Å². The molecule has 0 aliphatic rings. The maximum Gasteiger partial charge on any atom is 0.349 e. The van der Waals surface area contributed by atoms with Gasteiger partial charge in [0.05, 0.1) is 22.0 Å². The highest BCUT2D eigenvalue weighted by Gasteiger charge is 2.33. The van der Waals surface area contributed by atoms with Crippen LogP contribution in [0.4, 0.5) is 11.4 Å². The van der Waals surface area contributed by atoms with E-state index >= 15 is 0 Å². The molecule has 0 fully saturated rings. The standard InChI is InChI=1S/C10H8N2O8/c1-2-20-10(15)5-3-6(11(16)17)8(9(13)14)7(4-5)12(18)19/h3-4H,2H2,1H3,(H,13,14). The molecule has 0 radical (unpaired) electrons. The van der Waals surface area contributed by atoms with Crippen molar-refractivity contribution in [3.05, 3.63) is 43.5 Å². The fourth-order valence-corrected chi connectivity index (χ4v) is 1.45. The molecule has 0 aliphatic carbocycles. The van der Waals surface area contributed by atoms with Gasteiger partial charge < -0.3 is 9.84 Å². The van der Waals surface area contributed by atoms with Crippen LogP contribution in [0.2, 0.25) is 0 Å². The van der Waals surface area contributed by atoms with Crippen molar-refractivity contribution in [1.29, 1.82) is 0 Å². The molecule has 0 saturated heterocycles. The average molecular weight is 284 g/mol. The number of nitro groups is 2. The Balaban J connectivity index is 3.63. The Bertz CT molecular complexity index is 574. The molecule has 0 unspecified atom stereocenters. The number of rotatable bonds is 5. The van der Waals surface area contributed by atoms with Gasteiger partial charge in [0, 0.05) is 12.1 Å². The topological polar surface area (TPSA) is 150 Å². The lowest BCUT2D eigenvalue weighted by Crippen LogP contribution is -2.11. The third kappa shape index (κ3) is 2.85. The number of aromatic carboxylic acids is 1. The van der Waals surface area contributed by atoms with Gasteiger partial charge in [0.2, 0.25) is 5.56 Å². The average Bonchev–Trinajstić information content (AvgIpc) is 2.36. The van der Waals surface area contributed by atoms with E-state index in [9.17, 15) is 29.8 Å². The number of carbonyl (C=O) groups is 2. The molecule has 0 aliphatic heterocycles. The molecule has 10 nitrogen and oxygen atoms in total. The number of carbonyl (C=O) groups excluding carboxylic acids is 1. The number of carboxylic acids is 1. The van der Waals surface area contributed by atoms with Crippen LogP contribution in [0, 0.1) is 20.2 Å². The van der Waals surface area contributed by atoms with Crippen LogP contribution in [0.5, 0.6) is 0 Å². The lowest BCUT2D eigenvalue weighted by Gasteiger charge is -2.04. The van der Waals surface area contributed by atoms with E-state index in [0.29, 0.717) is 12.1 Å². The summed E-state index contributed by atoms with van der Waals surface area (Å²) >= 11 is 0. The molecule has 1 rings (SSSR count). The zero-order chi connectivity index (χ0) is 15.4.